The van der Waals surface area contributed by atoms with Crippen LogP contribution in [0.5, 0.6) is 0 Å². The number of halogens is 1. The zero-order valence-corrected chi connectivity index (χ0v) is 18.4. The number of nitrogens with one attached hydrogen (secondary N) is 3. The van der Waals surface area contributed by atoms with Gasteiger partial charge in [-0.15, -0.1) is 0 Å². The Morgan fingerprint density at radius 1 is 1.19 bits per heavy atom. The van der Waals surface area contributed by atoms with E-state index >= 15 is 0 Å². The molecule has 0 aliphatic carbocycles. The molecule has 3 aromatic rings. The summed E-state index contributed by atoms with van der Waals surface area (Å²) in [6, 6.07) is 11.4. The van der Waals surface area contributed by atoms with Crippen LogP contribution in [0, 0.1) is 6.92 Å². The smallest absolute Gasteiger partial charge is 0.287 e. The maximum atomic E-state index is 12.0. The molecule has 9 heteroatoms. The van der Waals surface area contributed by atoms with Crippen molar-refractivity contribution in [1.29, 1.82) is 0 Å². The lowest BCUT2D eigenvalue weighted by Gasteiger charge is -2.20. The van der Waals surface area contributed by atoms with Crippen LogP contribution in [0.1, 0.15) is 34.1 Å². The molecule has 0 saturated carbocycles. The van der Waals surface area contributed by atoms with Crippen LogP contribution in [0.15, 0.2) is 64.5 Å². The molecule has 0 spiro atoms. The highest BCUT2D eigenvalue weighted by Crippen LogP contribution is 2.19. The van der Waals surface area contributed by atoms with Crippen molar-refractivity contribution >= 4 is 23.5 Å². The van der Waals surface area contributed by atoms with Gasteiger partial charge in [-0.2, -0.15) is 5.10 Å². The molecule has 0 bridgehead atoms. The minimum absolute atomic E-state index is 0.0124. The van der Waals surface area contributed by atoms with Crippen LogP contribution >= 0.6 is 11.6 Å². The maximum Gasteiger partial charge on any atom is 0.287 e. The number of carbonyl (C=O) groups is 1. The molecule has 1 amide bonds. The highest BCUT2D eigenvalue weighted by atomic mass is 35.5. The molecule has 31 heavy (non-hydrogen) atoms. The average Bonchev–Trinajstić information content (AvgIpc) is 3.45. The normalized spacial score (nSPS) is 12.4. The van der Waals surface area contributed by atoms with E-state index in [0.29, 0.717) is 36.4 Å². The molecule has 0 saturated heterocycles. The van der Waals surface area contributed by atoms with E-state index in [2.05, 4.69) is 26.0 Å². The van der Waals surface area contributed by atoms with Gasteiger partial charge >= 0.3 is 0 Å². The van der Waals surface area contributed by atoms with Crippen LogP contribution in [0.25, 0.3) is 0 Å². The Hall–Kier alpha value is -3.26. The van der Waals surface area contributed by atoms with Crippen LogP contribution < -0.4 is 16.0 Å². The van der Waals surface area contributed by atoms with Gasteiger partial charge in [0.15, 0.2) is 11.7 Å². The van der Waals surface area contributed by atoms with Crippen molar-refractivity contribution in [3.63, 3.8) is 0 Å². The molecule has 1 aromatic carbocycles. The number of guanidine groups is 1. The third kappa shape index (κ3) is 6.36. The van der Waals surface area contributed by atoms with Gasteiger partial charge in [-0.1, -0.05) is 23.7 Å². The molecule has 2 heterocycles. The highest BCUT2D eigenvalue weighted by Gasteiger charge is 2.15. The molecule has 0 fully saturated rings. The number of nitrogens with zero attached hydrogens (tertiary/aromatic N) is 3. The SMILES string of the molecule is CN=C(NCCCNC(=O)c1occc1C)NCC(c1ccc(Cl)cc1)n1cccn1. The molecule has 1 atom stereocenters. The zero-order valence-electron chi connectivity index (χ0n) is 17.6. The largest absolute Gasteiger partial charge is 0.459 e. The average molecular weight is 443 g/mol. The molecule has 3 rings (SSSR count). The Balaban J connectivity index is 1.46. The number of benzene rings is 1. The van der Waals surface area contributed by atoms with Gasteiger partial charge < -0.3 is 20.4 Å². The lowest BCUT2D eigenvalue weighted by atomic mass is 10.1. The second-order valence-corrected chi connectivity index (χ2v) is 7.41. The fourth-order valence-electron chi connectivity index (χ4n) is 3.11. The zero-order chi connectivity index (χ0) is 22.1. The summed E-state index contributed by atoms with van der Waals surface area (Å²) >= 11 is 6.03. The van der Waals surface area contributed by atoms with Crippen LogP contribution in [-0.4, -0.2) is 48.3 Å². The number of rotatable bonds is 9. The fraction of sp³-hybridized carbons (Fsp3) is 0.318. The van der Waals surface area contributed by atoms with Crippen LogP contribution in [0.3, 0.4) is 0 Å². The molecule has 0 aliphatic heterocycles. The Kier molecular flexibility index (Phi) is 8.12. The number of aliphatic imine (C=N–C) groups is 1. The monoisotopic (exact) mass is 442 g/mol. The summed E-state index contributed by atoms with van der Waals surface area (Å²) in [7, 11) is 1.72. The van der Waals surface area contributed by atoms with Crippen molar-refractivity contribution in [2.45, 2.75) is 19.4 Å². The number of aromatic nitrogens is 2. The minimum atomic E-state index is -0.199. The minimum Gasteiger partial charge on any atom is -0.459 e. The lowest BCUT2D eigenvalue weighted by molar-refractivity contribution is 0.0925. The molecule has 3 N–H and O–H groups in total. The van der Waals surface area contributed by atoms with Gasteiger partial charge in [-0.25, -0.2) is 0 Å². The predicted octanol–water partition coefficient (Wildman–Crippen LogP) is 3.01. The number of aryl methyl sites for hydroxylation is 1. The number of hydrogen-bond acceptors (Lipinski definition) is 4. The van der Waals surface area contributed by atoms with Gasteiger partial charge in [0.1, 0.15) is 0 Å². The van der Waals surface area contributed by atoms with Gasteiger partial charge in [0.2, 0.25) is 0 Å². The first kappa shape index (κ1) is 22.4. The van der Waals surface area contributed by atoms with Crippen molar-refractivity contribution < 1.29 is 9.21 Å². The third-order valence-corrected chi connectivity index (χ3v) is 5.04. The van der Waals surface area contributed by atoms with Crippen molar-refractivity contribution in [3.05, 3.63) is 77.0 Å². The summed E-state index contributed by atoms with van der Waals surface area (Å²) in [5.41, 5.74) is 1.92. The second-order valence-electron chi connectivity index (χ2n) is 6.98. The molecular weight excluding hydrogens is 416 g/mol. The topological polar surface area (TPSA) is 96.5 Å². The van der Waals surface area contributed by atoms with E-state index in [1.54, 1.807) is 19.3 Å². The van der Waals surface area contributed by atoms with Crippen LogP contribution in [0.2, 0.25) is 5.02 Å². The maximum absolute atomic E-state index is 12.0. The number of hydrogen-bond donors (Lipinski definition) is 3. The van der Waals surface area contributed by atoms with E-state index in [9.17, 15) is 4.79 Å². The van der Waals surface area contributed by atoms with E-state index in [0.717, 1.165) is 17.5 Å². The van der Waals surface area contributed by atoms with E-state index in [1.165, 1.54) is 6.26 Å². The number of carbonyl (C=O) groups excluding carboxylic acids is 1. The van der Waals surface area contributed by atoms with E-state index in [1.807, 2.05) is 48.1 Å². The predicted molar refractivity (Wildman–Crippen MR) is 122 cm³/mol. The first-order valence-corrected chi connectivity index (χ1v) is 10.5. The first-order chi connectivity index (χ1) is 15.1. The van der Waals surface area contributed by atoms with E-state index < -0.39 is 0 Å². The second kappa shape index (κ2) is 11.2. The Morgan fingerprint density at radius 3 is 2.61 bits per heavy atom. The summed E-state index contributed by atoms with van der Waals surface area (Å²) in [4.78, 5) is 16.3. The summed E-state index contributed by atoms with van der Waals surface area (Å²) < 4.78 is 7.09. The Morgan fingerprint density at radius 2 is 1.97 bits per heavy atom. The summed E-state index contributed by atoms with van der Waals surface area (Å²) in [5.74, 6) is 0.839. The van der Waals surface area contributed by atoms with Crippen molar-refractivity contribution in [1.82, 2.24) is 25.7 Å². The molecule has 1 unspecified atom stereocenters. The summed E-state index contributed by atoms with van der Waals surface area (Å²) in [5, 5.41) is 14.5. The standard InChI is InChI=1S/C22H27ClN6O2/c1-16-9-14-31-20(16)21(30)25-10-3-11-26-22(24-2)27-15-19(29-13-4-12-28-29)17-5-7-18(23)8-6-17/h4-9,12-14,19H,3,10-11,15H2,1-2H3,(H,25,30)(H2,24,26,27). The number of amides is 1. The Labute approximate surface area is 186 Å². The van der Waals surface area contributed by atoms with E-state index in [-0.39, 0.29) is 11.9 Å². The van der Waals surface area contributed by atoms with Crippen molar-refractivity contribution in [2.75, 3.05) is 26.7 Å². The van der Waals surface area contributed by atoms with Gasteiger partial charge in [-0.05, 0) is 43.2 Å². The lowest BCUT2D eigenvalue weighted by Crippen LogP contribution is -2.41. The van der Waals surface area contributed by atoms with Gasteiger partial charge in [0, 0.05) is 49.7 Å². The number of furan rings is 1. The molecule has 8 nitrogen and oxygen atoms in total. The molecular formula is C22H27ClN6O2. The van der Waals surface area contributed by atoms with E-state index in [4.69, 9.17) is 16.0 Å². The quantitative estimate of drug-likeness (QED) is 0.269. The molecule has 0 radical (unpaired) electrons. The third-order valence-electron chi connectivity index (χ3n) is 4.79. The summed E-state index contributed by atoms with van der Waals surface area (Å²) in [6.07, 6.45) is 5.95. The van der Waals surface area contributed by atoms with Crippen LogP contribution in [-0.2, 0) is 0 Å². The highest BCUT2D eigenvalue weighted by molar-refractivity contribution is 6.30. The summed E-state index contributed by atoms with van der Waals surface area (Å²) in [6.45, 7) is 3.63. The van der Waals surface area contributed by atoms with Gasteiger partial charge in [0.05, 0.1) is 12.3 Å². The Bertz CT molecular complexity index is 982. The van der Waals surface area contributed by atoms with Crippen molar-refractivity contribution in [3.8, 4) is 0 Å². The molecule has 164 valence electrons. The van der Waals surface area contributed by atoms with Crippen LogP contribution in [0.4, 0.5) is 0 Å². The first-order valence-electron chi connectivity index (χ1n) is 10.1. The van der Waals surface area contributed by atoms with Gasteiger partial charge in [0.25, 0.3) is 5.91 Å². The van der Waals surface area contributed by atoms with Gasteiger partial charge in [-0.3, -0.25) is 14.5 Å². The fourth-order valence-corrected chi connectivity index (χ4v) is 3.24. The van der Waals surface area contributed by atoms with Crippen molar-refractivity contribution in [2.24, 2.45) is 4.99 Å². The molecule has 0 aliphatic rings. The molecule has 2 aromatic heterocycles.